The molecule has 0 radical (unpaired) electrons. The Morgan fingerprint density at radius 2 is 1.92 bits per heavy atom. The van der Waals surface area contributed by atoms with Gasteiger partial charge in [-0.05, 0) is 61.1 Å². The average Bonchev–Trinajstić information content (AvgIpc) is 3.11. The van der Waals surface area contributed by atoms with Gasteiger partial charge in [0.15, 0.2) is 0 Å². The van der Waals surface area contributed by atoms with Crippen molar-refractivity contribution in [3.05, 3.63) is 70.9 Å². The zero-order valence-corrected chi connectivity index (χ0v) is 14.8. The number of fused-ring (bicyclic) bond motifs is 1. The Labute approximate surface area is 152 Å². The van der Waals surface area contributed by atoms with Crippen LogP contribution in [0.5, 0.6) is 0 Å². The maximum absolute atomic E-state index is 12.8. The van der Waals surface area contributed by atoms with Gasteiger partial charge in [0.25, 0.3) is 5.91 Å². The number of likely N-dealkylation sites (tertiary alicyclic amines) is 1. The summed E-state index contributed by atoms with van der Waals surface area (Å²) < 4.78 is 0. The van der Waals surface area contributed by atoms with Crippen molar-refractivity contribution < 1.29 is 4.79 Å². The monoisotopic (exact) mass is 352 g/mol. The predicted octanol–water partition coefficient (Wildman–Crippen LogP) is 4.92. The van der Waals surface area contributed by atoms with E-state index in [-0.39, 0.29) is 5.91 Å². The van der Waals surface area contributed by atoms with Crippen LogP contribution < -0.4 is 0 Å². The molecule has 1 aromatic heterocycles. The Balaban J connectivity index is 1.39. The van der Waals surface area contributed by atoms with Gasteiger partial charge in [0.2, 0.25) is 0 Å². The lowest BCUT2D eigenvalue weighted by Gasteiger charge is -2.32. The Morgan fingerprint density at radius 1 is 1.12 bits per heavy atom. The highest BCUT2D eigenvalue weighted by Crippen LogP contribution is 2.26. The minimum absolute atomic E-state index is 0.138. The lowest BCUT2D eigenvalue weighted by atomic mass is 9.90. The topological polar surface area (TPSA) is 36.1 Å². The van der Waals surface area contributed by atoms with Crippen LogP contribution in [-0.2, 0) is 6.42 Å². The summed E-state index contributed by atoms with van der Waals surface area (Å²) in [6, 6.07) is 15.9. The summed E-state index contributed by atoms with van der Waals surface area (Å²) in [7, 11) is 0. The number of hydrogen-bond acceptors (Lipinski definition) is 1. The molecular weight excluding hydrogens is 332 g/mol. The lowest BCUT2D eigenvalue weighted by Crippen LogP contribution is -2.38. The highest BCUT2D eigenvalue weighted by Gasteiger charge is 2.24. The van der Waals surface area contributed by atoms with Crippen LogP contribution in [0.25, 0.3) is 10.9 Å². The van der Waals surface area contributed by atoms with Gasteiger partial charge in [-0.15, -0.1) is 0 Å². The van der Waals surface area contributed by atoms with Crippen LogP contribution >= 0.6 is 11.6 Å². The summed E-state index contributed by atoms with van der Waals surface area (Å²) in [5.74, 6) is 0.732. The summed E-state index contributed by atoms with van der Waals surface area (Å²) in [6.45, 7) is 1.64. The third kappa shape index (κ3) is 3.42. The minimum atomic E-state index is 0.138. The van der Waals surface area contributed by atoms with Crippen LogP contribution in [0, 0.1) is 5.92 Å². The Kier molecular flexibility index (Phi) is 4.50. The molecule has 4 rings (SSSR count). The molecule has 1 N–H and O–H groups in total. The fraction of sp³-hybridized carbons (Fsp3) is 0.286. The number of nitrogens with one attached hydrogen (secondary N) is 1. The summed E-state index contributed by atoms with van der Waals surface area (Å²) in [5, 5.41) is 1.93. The van der Waals surface area contributed by atoms with Gasteiger partial charge in [-0.3, -0.25) is 4.79 Å². The third-order valence-electron chi connectivity index (χ3n) is 5.17. The fourth-order valence-corrected chi connectivity index (χ4v) is 3.90. The second-order valence-corrected chi connectivity index (χ2v) is 7.22. The van der Waals surface area contributed by atoms with Crippen molar-refractivity contribution in [1.29, 1.82) is 0 Å². The first-order valence-corrected chi connectivity index (χ1v) is 9.18. The van der Waals surface area contributed by atoms with Gasteiger partial charge in [0.05, 0.1) is 0 Å². The number of nitrogens with zero attached hydrogens (tertiary/aromatic N) is 1. The number of carbonyl (C=O) groups is 1. The number of benzene rings is 2. The van der Waals surface area contributed by atoms with Crippen LogP contribution in [0.3, 0.4) is 0 Å². The standard InChI is InChI=1S/C21H21ClN2O/c22-19-4-2-1-3-16(19)13-15-8-11-24(12-9-15)21(25)18-5-6-20-17(14-18)7-10-23-20/h1-7,10,14-15,23H,8-9,11-13H2. The van der Waals surface area contributed by atoms with E-state index in [4.69, 9.17) is 11.6 Å². The highest BCUT2D eigenvalue weighted by molar-refractivity contribution is 6.31. The normalized spacial score (nSPS) is 15.6. The van der Waals surface area contributed by atoms with Crippen LogP contribution in [0.15, 0.2) is 54.7 Å². The molecule has 0 unspecified atom stereocenters. The molecule has 1 fully saturated rings. The molecule has 1 saturated heterocycles. The average molecular weight is 353 g/mol. The number of halogens is 1. The summed E-state index contributed by atoms with van der Waals surface area (Å²) in [4.78, 5) is 17.9. The molecule has 3 aromatic rings. The molecule has 4 heteroatoms. The van der Waals surface area contributed by atoms with E-state index in [0.29, 0.717) is 5.92 Å². The van der Waals surface area contributed by atoms with Gasteiger partial charge in [0, 0.05) is 40.8 Å². The Morgan fingerprint density at radius 3 is 2.72 bits per heavy atom. The first kappa shape index (κ1) is 16.2. The molecule has 2 heterocycles. The number of rotatable bonds is 3. The van der Waals surface area contributed by atoms with Crippen molar-refractivity contribution in [2.45, 2.75) is 19.3 Å². The van der Waals surface area contributed by atoms with E-state index in [2.05, 4.69) is 11.1 Å². The largest absolute Gasteiger partial charge is 0.361 e. The van der Waals surface area contributed by atoms with Crippen molar-refractivity contribution in [2.75, 3.05) is 13.1 Å². The molecule has 1 aliphatic heterocycles. The van der Waals surface area contributed by atoms with E-state index >= 15 is 0 Å². The molecule has 0 aliphatic carbocycles. The second-order valence-electron chi connectivity index (χ2n) is 6.81. The van der Waals surface area contributed by atoms with E-state index in [0.717, 1.165) is 53.8 Å². The number of piperidine rings is 1. The van der Waals surface area contributed by atoms with Gasteiger partial charge in [-0.1, -0.05) is 29.8 Å². The Hall–Kier alpha value is -2.26. The van der Waals surface area contributed by atoms with E-state index in [9.17, 15) is 4.79 Å². The Bertz CT molecular complexity index is 894. The molecule has 2 aromatic carbocycles. The van der Waals surface area contributed by atoms with Crippen molar-refractivity contribution >= 4 is 28.4 Å². The maximum Gasteiger partial charge on any atom is 0.253 e. The van der Waals surface area contributed by atoms with Crippen LogP contribution in [-0.4, -0.2) is 28.9 Å². The number of aromatic amines is 1. The number of hydrogen-bond donors (Lipinski definition) is 1. The molecule has 3 nitrogen and oxygen atoms in total. The molecule has 0 bridgehead atoms. The molecule has 0 saturated carbocycles. The quantitative estimate of drug-likeness (QED) is 0.713. The predicted molar refractivity (Wildman–Crippen MR) is 102 cm³/mol. The number of amides is 1. The molecule has 1 amide bonds. The smallest absolute Gasteiger partial charge is 0.253 e. The molecule has 25 heavy (non-hydrogen) atoms. The minimum Gasteiger partial charge on any atom is -0.361 e. The van der Waals surface area contributed by atoms with Crippen molar-refractivity contribution in [1.82, 2.24) is 9.88 Å². The van der Waals surface area contributed by atoms with E-state index < -0.39 is 0 Å². The maximum atomic E-state index is 12.8. The summed E-state index contributed by atoms with van der Waals surface area (Å²) in [6.07, 6.45) is 4.96. The molecule has 128 valence electrons. The van der Waals surface area contributed by atoms with E-state index in [1.807, 2.05) is 53.6 Å². The second kappa shape index (κ2) is 6.93. The van der Waals surface area contributed by atoms with Crippen LogP contribution in [0.4, 0.5) is 0 Å². The zero-order valence-electron chi connectivity index (χ0n) is 14.0. The van der Waals surface area contributed by atoms with Crippen molar-refractivity contribution in [3.8, 4) is 0 Å². The summed E-state index contributed by atoms with van der Waals surface area (Å²) >= 11 is 6.27. The van der Waals surface area contributed by atoms with Gasteiger partial charge in [0.1, 0.15) is 0 Å². The van der Waals surface area contributed by atoms with E-state index in [1.54, 1.807) is 0 Å². The summed E-state index contributed by atoms with van der Waals surface area (Å²) in [5.41, 5.74) is 3.05. The highest BCUT2D eigenvalue weighted by atomic mass is 35.5. The van der Waals surface area contributed by atoms with E-state index in [1.165, 1.54) is 5.56 Å². The van der Waals surface area contributed by atoms with Crippen LogP contribution in [0.2, 0.25) is 5.02 Å². The fourth-order valence-electron chi connectivity index (χ4n) is 3.68. The first-order chi connectivity index (χ1) is 12.2. The van der Waals surface area contributed by atoms with Gasteiger partial charge in [-0.25, -0.2) is 0 Å². The third-order valence-corrected chi connectivity index (χ3v) is 5.54. The van der Waals surface area contributed by atoms with Gasteiger partial charge >= 0.3 is 0 Å². The van der Waals surface area contributed by atoms with Crippen molar-refractivity contribution in [3.63, 3.8) is 0 Å². The van der Waals surface area contributed by atoms with Gasteiger partial charge in [-0.2, -0.15) is 0 Å². The molecule has 1 aliphatic rings. The SMILES string of the molecule is O=C(c1ccc2[nH]ccc2c1)N1CCC(Cc2ccccc2Cl)CC1. The number of aromatic nitrogens is 1. The van der Waals surface area contributed by atoms with Gasteiger partial charge < -0.3 is 9.88 Å². The number of carbonyl (C=O) groups excluding carboxylic acids is 1. The zero-order chi connectivity index (χ0) is 17.2. The molecule has 0 spiro atoms. The van der Waals surface area contributed by atoms with Crippen molar-refractivity contribution in [2.24, 2.45) is 5.92 Å². The molecule has 0 atom stereocenters. The first-order valence-electron chi connectivity index (χ1n) is 8.80. The molecular formula is C21H21ClN2O. The lowest BCUT2D eigenvalue weighted by molar-refractivity contribution is 0.0690. The number of H-pyrrole nitrogens is 1. The van der Waals surface area contributed by atoms with Crippen LogP contribution in [0.1, 0.15) is 28.8 Å².